The fraction of sp³-hybridized carbons (Fsp3) is 0.464. The number of fused-ring (bicyclic) bond motifs is 1. The van der Waals surface area contributed by atoms with Crippen LogP contribution in [0.3, 0.4) is 0 Å². The number of amides is 1. The highest BCUT2D eigenvalue weighted by Crippen LogP contribution is 2.32. The first-order valence-corrected chi connectivity index (χ1v) is 12.0. The Bertz CT molecular complexity index is 972. The van der Waals surface area contributed by atoms with E-state index in [-0.39, 0.29) is 0 Å². The molecule has 0 radical (unpaired) electrons. The van der Waals surface area contributed by atoms with Crippen LogP contribution in [0, 0.1) is 5.92 Å². The van der Waals surface area contributed by atoms with Crippen LogP contribution in [-0.2, 0) is 11.2 Å². The summed E-state index contributed by atoms with van der Waals surface area (Å²) in [6, 6.07) is 16.9. The Hall–Kier alpha value is -2.79. The minimum Gasteiger partial charge on any atom is -0.493 e. The zero-order valence-corrected chi connectivity index (χ0v) is 20.1. The summed E-state index contributed by atoms with van der Waals surface area (Å²) in [6.07, 6.45) is 5.85. The number of hydrogen-bond donors (Lipinski definition) is 0. The second-order valence-corrected chi connectivity index (χ2v) is 9.32. The molecule has 2 aliphatic rings. The summed E-state index contributed by atoms with van der Waals surface area (Å²) in [5.41, 5.74) is 3.81. The van der Waals surface area contributed by atoms with Crippen LogP contribution in [0.4, 0.5) is 0 Å². The summed E-state index contributed by atoms with van der Waals surface area (Å²) in [5.74, 6) is 2.35. The summed E-state index contributed by atoms with van der Waals surface area (Å²) in [6.45, 7) is 6.10. The molecule has 2 atom stereocenters. The standard InChI is InChI=1S/C28H36N2O3/c1-21(17-22-7-5-4-6-8-22)19-29-15-14-25-24(20-29)10-12-28(31)30(25)16-13-23-9-11-26(32-2)27(18-23)33-3/h4-9,11,17-18,24-25H,10,12-16,19-20H2,1-3H3/t24-,25+/m1/s1. The molecule has 0 unspecified atom stereocenters. The van der Waals surface area contributed by atoms with Crippen LogP contribution in [0.5, 0.6) is 11.5 Å². The monoisotopic (exact) mass is 448 g/mol. The smallest absolute Gasteiger partial charge is 0.222 e. The quantitative estimate of drug-likeness (QED) is 0.589. The highest BCUT2D eigenvalue weighted by atomic mass is 16.5. The largest absolute Gasteiger partial charge is 0.493 e. The van der Waals surface area contributed by atoms with Gasteiger partial charge in [-0.1, -0.05) is 48.0 Å². The molecule has 2 fully saturated rings. The predicted octanol–water partition coefficient (Wildman–Crippen LogP) is 4.66. The van der Waals surface area contributed by atoms with Gasteiger partial charge in [0.25, 0.3) is 0 Å². The van der Waals surface area contributed by atoms with Gasteiger partial charge in [-0.2, -0.15) is 0 Å². The number of likely N-dealkylation sites (tertiary alicyclic amines) is 2. The van der Waals surface area contributed by atoms with Crippen molar-refractivity contribution in [1.82, 2.24) is 9.80 Å². The molecule has 0 bridgehead atoms. The summed E-state index contributed by atoms with van der Waals surface area (Å²) in [7, 11) is 3.31. The van der Waals surface area contributed by atoms with Crippen molar-refractivity contribution in [3.05, 3.63) is 65.2 Å². The highest BCUT2D eigenvalue weighted by molar-refractivity contribution is 5.77. The Labute approximate surface area is 198 Å². The van der Waals surface area contributed by atoms with Crippen molar-refractivity contribution in [2.75, 3.05) is 40.4 Å². The van der Waals surface area contributed by atoms with Gasteiger partial charge in [0, 0.05) is 38.6 Å². The first-order chi connectivity index (χ1) is 16.1. The molecule has 2 aromatic rings. The average Bonchev–Trinajstić information content (AvgIpc) is 2.83. The Kier molecular flexibility index (Phi) is 7.71. The minimum absolute atomic E-state index is 0.310. The average molecular weight is 449 g/mol. The van der Waals surface area contributed by atoms with E-state index in [0.29, 0.717) is 24.3 Å². The van der Waals surface area contributed by atoms with Crippen LogP contribution < -0.4 is 9.47 Å². The second-order valence-electron chi connectivity index (χ2n) is 9.32. The van der Waals surface area contributed by atoms with Gasteiger partial charge in [0.05, 0.1) is 14.2 Å². The van der Waals surface area contributed by atoms with Crippen LogP contribution in [0.1, 0.15) is 37.3 Å². The molecule has 33 heavy (non-hydrogen) atoms. The molecule has 0 spiro atoms. The maximum absolute atomic E-state index is 12.8. The number of piperidine rings is 2. The zero-order chi connectivity index (χ0) is 23.2. The van der Waals surface area contributed by atoms with Crippen molar-refractivity contribution < 1.29 is 14.3 Å². The molecule has 0 N–H and O–H groups in total. The van der Waals surface area contributed by atoms with E-state index in [1.165, 1.54) is 16.7 Å². The molecule has 0 aliphatic carbocycles. The lowest BCUT2D eigenvalue weighted by Gasteiger charge is -2.47. The first kappa shape index (κ1) is 23.4. The SMILES string of the molecule is COc1ccc(CCN2C(=O)CC[C@@H]3CN(CC(C)=Cc4ccccc4)CC[C@@H]32)cc1OC. The lowest BCUT2D eigenvalue weighted by Crippen LogP contribution is -2.56. The van der Waals surface area contributed by atoms with E-state index in [4.69, 9.17) is 9.47 Å². The summed E-state index contributed by atoms with van der Waals surface area (Å²) in [4.78, 5) is 17.5. The van der Waals surface area contributed by atoms with Gasteiger partial charge < -0.3 is 14.4 Å². The molecule has 176 valence electrons. The number of rotatable bonds is 8. The van der Waals surface area contributed by atoms with Crippen molar-refractivity contribution in [2.24, 2.45) is 5.92 Å². The molecule has 2 aromatic carbocycles. The maximum atomic E-state index is 12.8. The van der Waals surface area contributed by atoms with Gasteiger partial charge in [0.1, 0.15) is 0 Å². The van der Waals surface area contributed by atoms with Crippen molar-refractivity contribution in [3.8, 4) is 11.5 Å². The fourth-order valence-corrected chi connectivity index (χ4v) is 5.38. The third-order valence-corrected chi connectivity index (χ3v) is 7.00. The molecule has 4 rings (SSSR count). The second kappa shape index (κ2) is 10.9. The van der Waals surface area contributed by atoms with E-state index in [1.54, 1.807) is 14.2 Å². The molecular weight excluding hydrogens is 412 g/mol. The fourth-order valence-electron chi connectivity index (χ4n) is 5.38. The van der Waals surface area contributed by atoms with E-state index < -0.39 is 0 Å². The number of carbonyl (C=O) groups is 1. The van der Waals surface area contributed by atoms with Crippen LogP contribution in [0.25, 0.3) is 6.08 Å². The van der Waals surface area contributed by atoms with E-state index in [2.05, 4.69) is 59.2 Å². The van der Waals surface area contributed by atoms with Crippen LogP contribution in [0.15, 0.2) is 54.1 Å². The normalized spacial score (nSPS) is 21.6. The Morgan fingerprint density at radius 1 is 1.06 bits per heavy atom. The van der Waals surface area contributed by atoms with Crippen molar-refractivity contribution in [1.29, 1.82) is 0 Å². The Morgan fingerprint density at radius 3 is 2.61 bits per heavy atom. The van der Waals surface area contributed by atoms with Gasteiger partial charge in [0.2, 0.25) is 5.91 Å². The van der Waals surface area contributed by atoms with Gasteiger partial charge in [0.15, 0.2) is 11.5 Å². The molecule has 5 heteroatoms. The molecule has 0 saturated carbocycles. The van der Waals surface area contributed by atoms with Crippen molar-refractivity contribution >= 4 is 12.0 Å². The number of ether oxygens (including phenoxy) is 2. The topological polar surface area (TPSA) is 42.0 Å². The molecule has 0 aromatic heterocycles. The third kappa shape index (κ3) is 5.77. The number of nitrogens with zero attached hydrogens (tertiary/aromatic N) is 2. The van der Waals surface area contributed by atoms with Gasteiger partial charge in [-0.3, -0.25) is 9.69 Å². The lowest BCUT2D eigenvalue weighted by molar-refractivity contribution is -0.140. The van der Waals surface area contributed by atoms with E-state index in [1.807, 2.05) is 12.1 Å². The van der Waals surface area contributed by atoms with Gasteiger partial charge in [-0.25, -0.2) is 0 Å². The van der Waals surface area contributed by atoms with Crippen molar-refractivity contribution in [3.63, 3.8) is 0 Å². The zero-order valence-electron chi connectivity index (χ0n) is 20.1. The summed E-state index contributed by atoms with van der Waals surface area (Å²) < 4.78 is 10.8. The predicted molar refractivity (Wildman–Crippen MR) is 133 cm³/mol. The number of methoxy groups -OCH3 is 2. The van der Waals surface area contributed by atoms with Crippen LogP contribution >= 0.6 is 0 Å². The van der Waals surface area contributed by atoms with Crippen LogP contribution in [-0.4, -0.2) is 62.1 Å². The third-order valence-electron chi connectivity index (χ3n) is 7.00. The number of benzene rings is 2. The van der Waals surface area contributed by atoms with E-state index in [9.17, 15) is 4.79 Å². The molecular formula is C28H36N2O3. The van der Waals surface area contributed by atoms with Gasteiger partial charge in [-0.05, 0) is 55.4 Å². The summed E-state index contributed by atoms with van der Waals surface area (Å²) in [5, 5.41) is 0. The van der Waals surface area contributed by atoms with E-state index >= 15 is 0 Å². The van der Waals surface area contributed by atoms with Crippen molar-refractivity contribution in [2.45, 2.75) is 38.6 Å². The minimum atomic E-state index is 0.310. The molecule has 5 nitrogen and oxygen atoms in total. The Morgan fingerprint density at radius 2 is 1.85 bits per heavy atom. The maximum Gasteiger partial charge on any atom is 0.222 e. The highest BCUT2D eigenvalue weighted by Gasteiger charge is 2.38. The van der Waals surface area contributed by atoms with Gasteiger partial charge in [-0.15, -0.1) is 0 Å². The summed E-state index contributed by atoms with van der Waals surface area (Å²) >= 11 is 0. The molecule has 2 saturated heterocycles. The number of carbonyl (C=O) groups excluding carboxylic acids is 1. The number of hydrogen-bond acceptors (Lipinski definition) is 4. The van der Waals surface area contributed by atoms with E-state index in [0.717, 1.165) is 56.9 Å². The van der Waals surface area contributed by atoms with Crippen LogP contribution in [0.2, 0.25) is 0 Å². The van der Waals surface area contributed by atoms with Gasteiger partial charge >= 0.3 is 0 Å². The molecule has 2 aliphatic heterocycles. The lowest BCUT2D eigenvalue weighted by atomic mass is 9.83. The molecule has 1 amide bonds. The first-order valence-electron chi connectivity index (χ1n) is 12.0. The molecule has 2 heterocycles. The Balaban J connectivity index is 1.35.